The molecule has 2 N–H and O–H groups in total. The van der Waals surface area contributed by atoms with Crippen LogP contribution >= 0.6 is 11.3 Å². The van der Waals surface area contributed by atoms with Crippen LogP contribution in [0.1, 0.15) is 97.8 Å². The molecule has 6 nitrogen and oxygen atoms in total. The van der Waals surface area contributed by atoms with Crippen LogP contribution in [0.3, 0.4) is 0 Å². The number of carbonyl (C=O) groups excluding carboxylic acids is 2. The fraction of sp³-hybridized carbons (Fsp3) is 0.645. The van der Waals surface area contributed by atoms with E-state index in [-0.39, 0.29) is 23.3 Å². The minimum absolute atomic E-state index is 0.0173. The lowest BCUT2D eigenvalue weighted by atomic mass is 9.67. The first-order chi connectivity index (χ1) is 18.5. The van der Waals surface area contributed by atoms with E-state index in [0.717, 1.165) is 56.0 Å². The molecular weight excluding hydrogens is 492 g/mol. The van der Waals surface area contributed by atoms with E-state index in [4.69, 9.17) is 4.98 Å². The third kappa shape index (κ3) is 4.70. The molecule has 38 heavy (non-hydrogen) atoms. The molecule has 6 rings (SSSR count). The zero-order chi connectivity index (χ0) is 26.3. The predicted molar refractivity (Wildman–Crippen MR) is 151 cm³/mol. The molecular formula is C31H42N4O2S. The van der Waals surface area contributed by atoms with Crippen LogP contribution in [0.15, 0.2) is 30.3 Å². The van der Waals surface area contributed by atoms with Gasteiger partial charge in [-0.1, -0.05) is 49.6 Å². The predicted octanol–water partition coefficient (Wildman–Crippen LogP) is 5.23. The zero-order valence-corrected chi connectivity index (χ0v) is 23.7. The van der Waals surface area contributed by atoms with Crippen LogP contribution in [-0.4, -0.2) is 47.4 Å². The van der Waals surface area contributed by atoms with E-state index in [1.54, 1.807) is 18.3 Å². The Morgan fingerprint density at radius 1 is 1.11 bits per heavy atom. The maximum absolute atomic E-state index is 14.6. The summed E-state index contributed by atoms with van der Waals surface area (Å²) in [7, 11) is 0. The molecule has 2 aromatic rings. The fourth-order valence-electron chi connectivity index (χ4n) is 8.12. The van der Waals surface area contributed by atoms with Gasteiger partial charge in [-0.3, -0.25) is 9.59 Å². The first kappa shape index (κ1) is 26.0. The van der Waals surface area contributed by atoms with Crippen molar-refractivity contribution in [2.24, 2.45) is 11.8 Å². The van der Waals surface area contributed by atoms with Gasteiger partial charge in [-0.2, -0.15) is 0 Å². The van der Waals surface area contributed by atoms with Gasteiger partial charge in [-0.05, 0) is 62.8 Å². The Morgan fingerprint density at radius 3 is 2.66 bits per heavy atom. The van der Waals surface area contributed by atoms with Gasteiger partial charge >= 0.3 is 0 Å². The molecule has 2 aliphatic carbocycles. The van der Waals surface area contributed by atoms with E-state index in [9.17, 15) is 9.59 Å². The van der Waals surface area contributed by atoms with Gasteiger partial charge in [0.2, 0.25) is 11.8 Å². The first-order valence-corrected chi connectivity index (χ1v) is 15.6. The molecule has 1 saturated carbocycles. The zero-order valence-electron chi connectivity index (χ0n) is 22.9. The number of fused-ring (bicyclic) bond motifs is 2. The number of aromatic nitrogens is 1. The molecule has 0 radical (unpaired) electrons. The van der Waals surface area contributed by atoms with E-state index in [1.165, 1.54) is 42.5 Å². The molecule has 7 heteroatoms. The Morgan fingerprint density at radius 2 is 1.89 bits per heavy atom. The van der Waals surface area contributed by atoms with Crippen molar-refractivity contribution in [3.8, 4) is 0 Å². The highest BCUT2D eigenvalue weighted by atomic mass is 32.1. The molecule has 204 valence electrons. The molecule has 3 fully saturated rings. The highest BCUT2D eigenvalue weighted by Gasteiger charge is 2.55. The van der Waals surface area contributed by atoms with Gasteiger partial charge in [0.25, 0.3) is 0 Å². The number of carbonyl (C=O) groups is 2. The molecule has 0 bridgehead atoms. The summed E-state index contributed by atoms with van der Waals surface area (Å²) in [5.41, 5.74) is 2.21. The average molecular weight is 535 g/mol. The molecule has 2 aliphatic heterocycles. The highest BCUT2D eigenvalue weighted by Crippen LogP contribution is 2.51. The standard InChI is InChI=1S/C31H42N4O2S/c1-20(36)33-26-13-15-31(29-28(26)34-21(2)38-29)19-32-18-25(31)30(37)35-16-14-24(22-9-5-3-6-10-22)17-27(35)23-11-7-4-8-12-23/h3,5-6,9-10,23-27,32H,4,7-8,11-19H2,1-2H3,(H,33,36)/t24-,25?,26?,27+,31-/m1/s1. The Bertz CT molecular complexity index is 1160. The number of aryl methyl sites for hydroxylation is 1. The minimum Gasteiger partial charge on any atom is -0.348 e. The Balaban J connectivity index is 1.30. The largest absolute Gasteiger partial charge is 0.348 e. The molecule has 1 aromatic heterocycles. The van der Waals surface area contributed by atoms with Gasteiger partial charge < -0.3 is 15.5 Å². The lowest BCUT2D eigenvalue weighted by molar-refractivity contribution is -0.143. The van der Waals surface area contributed by atoms with Gasteiger partial charge in [0.15, 0.2) is 0 Å². The van der Waals surface area contributed by atoms with Gasteiger partial charge in [0.1, 0.15) is 0 Å². The lowest BCUT2D eigenvalue weighted by Crippen LogP contribution is -2.55. The van der Waals surface area contributed by atoms with Crippen molar-refractivity contribution in [2.75, 3.05) is 19.6 Å². The second-order valence-electron chi connectivity index (χ2n) is 12.2. The van der Waals surface area contributed by atoms with E-state index >= 15 is 0 Å². The monoisotopic (exact) mass is 534 g/mol. The topological polar surface area (TPSA) is 74.3 Å². The number of hydrogen-bond acceptors (Lipinski definition) is 5. The smallest absolute Gasteiger partial charge is 0.228 e. The van der Waals surface area contributed by atoms with Crippen LogP contribution in [-0.2, 0) is 15.0 Å². The second kappa shape index (κ2) is 10.7. The summed E-state index contributed by atoms with van der Waals surface area (Å²) in [6.07, 6.45) is 10.3. The summed E-state index contributed by atoms with van der Waals surface area (Å²) in [6, 6.07) is 11.2. The Hall–Kier alpha value is -2.25. The van der Waals surface area contributed by atoms with Crippen molar-refractivity contribution in [1.82, 2.24) is 20.5 Å². The number of piperidine rings is 1. The SMILES string of the molecule is CC(=O)NC1CC[C@]2(CNCC2C(=O)N2CC[C@@H](c3ccccc3)C[C@H]2C2CCCCC2)c2sc(C)nc21. The number of nitrogens with one attached hydrogen (secondary N) is 2. The van der Waals surface area contributed by atoms with Gasteiger partial charge in [0, 0.05) is 42.9 Å². The molecule has 2 amide bonds. The van der Waals surface area contributed by atoms with Crippen molar-refractivity contribution < 1.29 is 9.59 Å². The number of likely N-dealkylation sites (tertiary alicyclic amines) is 1. The summed E-state index contributed by atoms with van der Waals surface area (Å²) >= 11 is 1.74. The highest BCUT2D eigenvalue weighted by molar-refractivity contribution is 7.11. The summed E-state index contributed by atoms with van der Waals surface area (Å²) in [5, 5.41) is 7.78. The number of nitrogens with zero attached hydrogens (tertiary/aromatic N) is 2. The Kier molecular flexibility index (Phi) is 7.34. The molecule has 2 unspecified atom stereocenters. The van der Waals surface area contributed by atoms with Crippen LogP contribution in [0.5, 0.6) is 0 Å². The molecule has 2 saturated heterocycles. The van der Waals surface area contributed by atoms with Crippen LogP contribution in [0, 0.1) is 18.8 Å². The first-order valence-electron chi connectivity index (χ1n) is 14.8. The van der Waals surface area contributed by atoms with Crippen molar-refractivity contribution in [2.45, 2.75) is 95.1 Å². The van der Waals surface area contributed by atoms with E-state index < -0.39 is 0 Å². The summed E-state index contributed by atoms with van der Waals surface area (Å²) < 4.78 is 0. The van der Waals surface area contributed by atoms with Crippen molar-refractivity contribution in [1.29, 1.82) is 0 Å². The molecule has 5 atom stereocenters. The van der Waals surface area contributed by atoms with Gasteiger partial charge in [-0.15, -0.1) is 11.3 Å². The molecule has 1 aromatic carbocycles. The third-order valence-corrected chi connectivity index (χ3v) is 11.2. The van der Waals surface area contributed by atoms with Crippen LogP contribution in [0.4, 0.5) is 0 Å². The van der Waals surface area contributed by atoms with E-state index in [1.807, 2.05) is 6.92 Å². The van der Waals surface area contributed by atoms with Crippen LogP contribution in [0.25, 0.3) is 0 Å². The normalized spacial score (nSPS) is 31.8. The van der Waals surface area contributed by atoms with Crippen molar-refractivity contribution >= 4 is 23.2 Å². The maximum atomic E-state index is 14.6. The quantitative estimate of drug-likeness (QED) is 0.563. The van der Waals surface area contributed by atoms with Crippen molar-refractivity contribution in [3.05, 3.63) is 51.5 Å². The van der Waals surface area contributed by atoms with Gasteiger partial charge in [0.05, 0.1) is 22.7 Å². The number of hydrogen-bond donors (Lipinski definition) is 2. The molecule has 3 heterocycles. The van der Waals surface area contributed by atoms with Crippen molar-refractivity contribution in [3.63, 3.8) is 0 Å². The van der Waals surface area contributed by atoms with E-state index in [0.29, 0.717) is 23.8 Å². The van der Waals surface area contributed by atoms with Crippen LogP contribution in [0.2, 0.25) is 0 Å². The fourth-order valence-corrected chi connectivity index (χ4v) is 9.37. The van der Waals surface area contributed by atoms with Gasteiger partial charge in [-0.25, -0.2) is 4.98 Å². The molecule has 4 aliphatic rings. The lowest BCUT2D eigenvalue weighted by Gasteiger charge is -2.48. The maximum Gasteiger partial charge on any atom is 0.228 e. The number of thiazole rings is 1. The summed E-state index contributed by atoms with van der Waals surface area (Å²) in [5.74, 6) is 1.41. The second-order valence-corrected chi connectivity index (χ2v) is 13.4. The summed E-state index contributed by atoms with van der Waals surface area (Å²) in [4.78, 5) is 35.0. The third-order valence-electron chi connectivity index (χ3n) is 9.95. The van der Waals surface area contributed by atoms with E-state index in [2.05, 4.69) is 45.9 Å². The number of benzene rings is 1. The Labute approximate surface area is 231 Å². The molecule has 1 spiro atoms. The number of rotatable bonds is 4. The number of amides is 2. The minimum atomic E-state index is -0.222. The average Bonchev–Trinajstić information content (AvgIpc) is 3.55. The summed E-state index contributed by atoms with van der Waals surface area (Å²) in [6.45, 7) is 6.04. The van der Waals surface area contributed by atoms with Crippen LogP contribution < -0.4 is 10.6 Å².